The van der Waals surface area contributed by atoms with Gasteiger partial charge in [-0.25, -0.2) is 0 Å². The number of benzene rings is 2. The Balaban J connectivity index is 1.71. The van der Waals surface area contributed by atoms with Gasteiger partial charge in [0.2, 0.25) is 6.10 Å². The number of allylic oxidation sites excluding steroid dienone is 1. The largest absolute Gasteiger partial charge is 0.457 e. The third kappa shape index (κ3) is 5.54. The molecular formula is C23H18Br2F3NO3. The lowest BCUT2D eigenvalue weighted by Crippen LogP contribution is -2.14. The molecule has 2 aromatic rings. The topological polar surface area (TPSA) is 59.3 Å². The van der Waals surface area contributed by atoms with Crippen LogP contribution >= 0.6 is 31.9 Å². The Labute approximate surface area is 200 Å². The van der Waals surface area contributed by atoms with E-state index in [-0.39, 0.29) is 23.0 Å². The van der Waals surface area contributed by atoms with Gasteiger partial charge in [-0.15, -0.1) is 0 Å². The zero-order chi connectivity index (χ0) is 23.7. The molecule has 32 heavy (non-hydrogen) atoms. The Morgan fingerprint density at radius 1 is 1.16 bits per heavy atom. The molecule has 2 aromatic carbocycles. The van der Waals surface area contributed by atoms with Crippen LogP contribution < -0.4 is 4.74 Å². The van der Waals surface area contributed by atoms with E-state index in [2.05, 4.69) is 31.9 Å². The number of ether oxygens (including phenoxy) is 2. The first-order chi connectivity index (χ1) is 14.9. The highest BCUT2D eigenvalue weighted by atomic mass is 79.9. The fourth-order valence-electron chi connectivity index (χ4n) is 3.52. The Hall–Kier alpha value is -2.31. The highest BCUT2D eigenvalue weighted by Crippen LogP contribution is 2.60. The molecule has 0 aromatic heterocycles. The number of alkyl halides is 3. The van der Waals surface area contributed by atoms with Gasteiger partial charge < -0.3 is 9.47 Å². The van der Waals surface area contributed by atoms with Crippen molar-refractivity contribution in [3.05, 3.63) is 69.1 Å². The molecule has 0 saturated heterocycles. The number of nitrogens with zero attached hydrogens (tertiary/aromatic N) is 1. The van der Waals surface area contributed by atoms with Crippen molar-refractivity contribution >= 4 is 37.8 Å². The van der Waals surface area contributed by atoms with Gasteiger partial charge in [0.25, 0.3) is 0 Å². The molecule has 1 saturated carbocycles. The summed E-state index contributed by atoms with van der Waals surface area (Å²) in [5.74, 6) is -0.379. The summed E-state index contributed by atoms with van der Waals surface area (Å²) in [5.41, 5.74) is -0.673. The Kier molecular flexibility index (Phi) is 7.06. The first-order valence-electron chi connectivity index (χ1n) is 9.51. The molecule has 4 nitrogen and oxygen atoms in total. The lowest BCUT2D eigenvalue weighted by Gasteiger charge is -2.14. The van der Waals surface area contributed by atoms with E-state index in [0.29, 0.717) is 11.3 Å². The van der Waals surface area contributed by atoms with Crippen LogP contribution in [0, 0.1) is 28.6 Å². The van der Waals surface area contributed by atoms with Crippen molar-refractivity contribution in [1.29, 1.82) is 5.26 Å². The lowest BCUT2D eigenvalue weighted by atomic mass is 10.1. The predicted molar refractivity (Wildman–Crippen MR) is 119 cm³/mol. The summed E-state index contributed by atoms with van der Waals surface area (Å²) in [6.45, 7) is 3.89. The average Bonchev–Trinajstić information content (AvgIpc) is 3.25. The van der Waals surface area contributed by atoms with E-state index in [0.717, 1.165) is 15.5 Å². The first-order valence-corrected chi connectivity index (χ1v) is 11.1. The predicted octanol–water partition coefficient (Wildman–Crippen LogP) is 7.51. The maximum atomic E-state index is 12.7. The van der Waals surface area contributed by atoms with Crippen LogP contribution in [0.25, 0.3) is 0 Å². The van der Waals surface area contributed by atoms with E-state index in [1.54, 1.807) is 18.2 Å². The summed E-state index contributed by atoms with van der Waals surface area (Å²) in [6.07, 6.45) is -3.70. The third-order valence-corrected chi connectivity index (χ3v) is 5.93. The molecule has 1 fully saturated rings. The summed E-state index contributed by atoms with van der Waals surface area (Å²) < 4.78 is 49.9. The van der Waals surface area contributed by atoms with E-state index in [1.807, 2.05) is 26.0 Å². The van der Waals surface area contributed by atoms with E-state index < -0.39 is 23.8 Å². The van der Waals surface area contributed by atoms with Crippen LogP contribution in [0.15, 0.2) is 58.0 Å². The van der Waals surface area contributed by atoms with Crippen LogP contribution in [0.4, 0.5) is 13.2 Å². The van der Waals surface area contributed by atoms with E-state index in [1.165, 1.54) is 18.2 Å². The molecule has 0 radical (unpaired) electrons. The van der Waals surface area contributed by atoms with Gasteiger partial charge in [0, 0.05) is 5.56 Å². The zero-order valence-corrected chi connectivity index (χ0v) is 20.2. The number of carbonyl (C=O) groups excluding carboxylic acids is 1. The van der Waals surface area contributed by atoms with Gasteiger partial charge in [0.1, 0.15) is 17.6 Å². The molecule has 1 aliphatic rings. The van der Waals surface area contributed by atoms with Crippen LogP contribution in [-0.2, 0) is 15.7 Å². The Bertz CT molecular complexity index is 1070. The maximum absolute atomic E-state index is 12.7. The SMILES string of the molecule is CC1(C)[C@H](C(=O)OC(C#N)c2cccc(Oc3ccc(C(F)(F)F)cc3)c2)[C@@H]1C=C(Br)Br. The van der Waals surface area contributed by atoms with Gasteiger partial charge in [-0.1, -0.05) is 32.1 Å². The van der Waals surface area contributed by atoms with E-state index in [9.17, 15) is 23.2 Å². The van der Waals surface area contributed by atoms with Crippen molar-refractivity contribution in [2.75, 3.05) is 0 Å². The number of nitriles is 1. The van der Waals surface area contributed by atoms with Crippen LogP contribution in [-0.4, -0.2) is 5.97 Å². The van der Waals surface area contributed by atoms with Crippen molar-refractivity contribution in [3.63, 3.8) is 0 Å². The molecule has 3 rings (SSSR count). The van der Waals surface area contributed by atoms with Gasteiger partial charge in [-0.05, 0) is 79.6 Å². The molecule has 0 N–H and O–H groups in total. The number of hydrogen-bond donors (Lipinski definition) is 0. The van der Waals surface area contributed by atoms with Gasteiger partial charge in [-0.3, -0.25) is 4.79 Å². The second-order valence-corrected chi connectivity index (χ2v) is 10.7. The molecule has 168 valence electrons. The lowest BCUT2D eigenvalue weighted by molar-refractivity contribution is -0.149. The number of halogens is 5. The highest BCUT2D eigenvalue weighted by Gasteiger charge is 2.61. The van der Waals surface area contributed by atoms with Gasteiger partial charge in [0.15, 0.2) is 0 Å². The van der Waals surface area contributed by atoms with Crippen molar-refractivity contribution in [2.24, 2.45) is 17.3 Å². The van der Waals surface area contributed by atoms with Crippen LogP contribution in [0.3, 0.4) is 0 Å². The summed E-state index contributed by atoms with van der Waals surface area (Å²) in [7, 11) is 0. The number of carbonyl (C=O) groups is 1. The summed E-state index contributed by atoms with van der Waals surface area (Å²) in [6, 6.07) is 12.6. The number of hydrogen-bond acceptors (Lipinski definition) is 4. The molecular weight excluding hydrogens is 555 g/mol. The van der Waals surface area contributed by atoms with Crippen molar-refractivity contribution < 1.29 is 27.4 Å². The van der Waals surface area contributed by atoms with Crippen LogP contribution in [0.2, 0.25) is 0 Å². The van der Waals surface area contributed by atoms with Crippen molar-refractivity contribution in [3.8, 4) is 17.6 Å². The number of rotatable bonds is 6. The van der Waals surface area contributed by atoms with E-state index >= 15 is 0 Å². The molecule has 0 amide bonds. The fourth-order valence-corrected chi connectivity index (χ4v) is 4.09. The standard InChI is InChI=1S/C23H18Br2F3NO3/c1-22(2)17(11-19(24)25)20(22)21(30)32-18(12-29)13-4-3-5-16(10-13)31-15-8-6-14(7-9-15)23(26,27)28/h3-11,17-18,20H,1-2H3/t17-,18?,20-/m0/s1. The monoisotopic (exact) mass is 571 g/mol. The van der Waals surface area contributed by atoms with Crippen molar-refractivity contribution in [2.45, 2.75) is 26.1 Å². The molecule has 0 bridgehead atoms. The molecule has 0 spiro atoms. The molecule has 0 aliphatic heterocycles. The minimum atomic E-state index is -4.43. The molecule has 3 atom stereocenters. The summed E-state index contributed by atoms with van der Waals surface area (Å²) >= 11 is 6.59. The van der Waals surface area contributed by atoms with Crippen LogP contribution in [0.1, 0.15) is 31.1 Å². The quantitative estimate of drug-likeness (QED) is 0.336. The summed E-state index contributed by atoms with van der Waals surface area (Å²) in [4.78, 5) is 12.7. The minimum Gasteiger partial charge on any atom is -0.457 e. The van der Waals surface area contributed by atoms with Gasteiger partial charge >= 0.3 is 12.1 Å². The zero-order valence-electron chi connectivity index (χ0n) is 17.0. The highest BCUT2D eigenvalue weighted by molar-refractivity contribution is 9.28. The average molecular weight is 573 g/mol. The second-order valence-electron chi connectivity index (χ2n) is 7.92. The van der Waals surface area contributed by atoms with Crippen LogP contribution in [0.5, 0.6) is 11.5 Å². The maximum Gasteiger partial charge on any atom is 0.416 e. The Morgan fingerprint density at radius 2 is 1.81 bits per heavy atom. The second kappa shape index (κ2) is 9.28. The van der Waals surface area contributed by atoms with Gasteiger partial charge in [0.05, 0.1) is 14.9 Å². The van der Waals surface area contributed by atoms with Crippen molar-refractivity contribution in [1.82, 2.24) is 0 Å². The normalized spacial score (nSPS) is 19.9. The third-order valence-electron chi connectivity index (χ3n) is 5.40. The Morgan fingerprint density at radius 3 is 2.38 bits per heavy atom. The molecule has 1 aliphatic carbocycles. The first kappa shape index (κ1) is 24.3. The van der Waals surface area contributed by atoms with E-state index in [4.69, 9.17) is 9.47 Å². The molecule has 1 unspecified atom stereocenters. The molecule has 0 heterocycles. The van der Waals surface area contributed by atoms with Gasteiger partial charge in [-0.2, -0.15) is 18.4 Å². The summed E-state index contributed by atoms with van der Waals surface area (Å²) in [5, 5.41) is 9.56. The minimum absolute atomic E-state index is 0.0302. The smallest absolute Gasteiger partial charge is 0.416 e. The molecule has 9 heteroatoms. The number of esters is 1. The fraction of sp³-hybridized carbons (Fsp3) is 0.304.